The number of rotatable bonds is 6. The van der Waals surface area contributed by atoms with E-state index < -0.39 is 0 Å². The number of carbonyl (C=O) groups excluding carboxylic acids is 2. The molecule has 3 aromatic rings. The van der Waals surface area contributed by atoms with E-state index in [-0.39, 0.29) is 17.6 Å². The van der Waals surface area contributed by atoms with Crippen molar-refractivity contribution in [2.24, 2.45) is 5.92 Å². The highest BCUT2D eigenvalue weighted by Crippen LogP contribution is 2.47. The van der Waals surface area contributed by atoms with Crippen LogP contribution in [0.5, 0.6) is 0 Å². The zero-order chi connectivity index (χ0) is 19.7. The monoisotopic (exact) mass is 378 g/mol. The van der Waals surface area contributed by atoms with Crippen molar-refractivity contribution in [3.8, 4) is 0 Å². The van der Waals surface area contributed by atoms with Crippen LogP contribution in [-0.2, 0) is 6.54 Å². The Morgan fingerprint density at radius 1 is 1.14 bits per heavy atom. The van der Waals surface area contributed by atoms with Crippen LogP contribution < -0.4 is 5.32 Å². The highest BCUT2D eigenvalue weighted by Gasteiger charge is 2.36. The summed E-state index contributed by atoms with van der Waals surface area (Å²) in [6.07, 6.45) is 2.62. The number of anilines is 1. The Morgan fingerprint density at radius 3 is 2.54 bits per heavy atom. The molecular formula is C22H22N2O4. The van der Waals surface area contributed by atoms with Crippen molar-refractivity contribution in [3.05, 3.63) is 77.6 Å². The van der Waals surface area contributed by atoms with Crippen molar-refractivity contribution in [2.75, 3.05) is 12.4 Å². The fourth-order valence-electron chi connectivity index (χ4n) is 3.22. The minimum absolute atomic E-state index is 0.110. The minimum atomic E-state index is -0.334. The van der Waals surface area contributed by atoms with Crippen molar-refractivity contribution in [2.45, 2.75) is 25.8 Å². The molecule has 6 nitrogen and oxygen atoms in total. The number of carbonyl (C=O) groups is 2. The third-order valence-corrected chi connectivity index (χ3v) is 5.03. The highest BCUT2D eigenvalue weighted by atomic mass is 16.3. The van der Waals surface area contributed by atoms with Crippen LogP contribution in [0.2, 0.25) is 0 Å². The van der Waals surface area contributed by atoms with E-state index in [1.165, 1.54) is 12.7 Å². The third-order valence-electron chi connectivity index (χ3n) is 5.03. The van der Waals surface area contributed by atoms with Crippen molar-refractivity contribution in [1.29, 1.82) is 0 Å². The Kier molecular flexibility index (Phi) is 4.77. The average Bonchev–Trinajstić information content (AvgIpc) is 3.10. The molecule has 4 rings (SSSR count). The largest absolute Gasteiger partial charge is 0.464 e. The molecule has 0 saturated heterocycles. The molecule has 2 unspecified atom stereocenters. The molecule has 1 aromatic carbocycles. The summed E-state index contributed by atoms with van der Waals surface area (Å²) in [5.41, 5.74) is 1.14. The van der Waals surface area contributed by atoms with Gasteiger partial charge in [-0.2, -0.15) is 0 Å². The second-order valence-corrected chi connectivity index (χ2v) is 7.29. The van der Waals surface area contributed by atoms with E-state index >= 15 is 0 Å². The molecule has 2 atom stereocenters. The first-order valence-corrected chi connectivity index (χ1v) is 9.30. The molecule has 1 aliphatic rings. The van der Waals surface area contributed by atoms with Gasteiger partial charge in [-0.3, -0.25) is 9.59 Å². The zero-order valence-electron chi connectivity index (χ0n) is 15.8. The Labute approximate surface area is 163 Å². The lowest BCUT2D eigenvalue weighted by Gasteiger charge is -2.16. The first-order valence-electron chi connectivity index (χ1n) is 9.30. The van der Waals surface area contributed by atoms with Gasteiger partial charge in [-0.05, 0) is 60.9 Å². The summed E-state index contributed by atoms with van der Waals surface area (Å²) in [4.78, 5) is 26.3. The van der Waals surface area contributed by atoms with E-state index in [1.807, 2.05) is 12.1 Å². The number of amides is 2. The van der Waals surface area contributed by atoms with Crippen molar-refractivity contribution in [3.63, 3.8) is 0 Å². The first kappa shape index (κ1) is 18.1. The van der Waals surface area contributed by atoms with E-state index in [0.717, 1.165) is 11.5 Å². The lowest BCUT2D eigenvalue weighted by Crippen LogP contribution is -2.26. The minimum Gasteiger partial charge on any atom is -0.464 e. The Bertz CT molecular complexity index is 972. The third kappa shape index (κ3) is 3.86. The molecule has 1 N–H and O–H groups in total. The molecule has 2 aromatic heterocycles. The maximum absolute atomic E-state index is 12.7. The van der Waals surface area contributed by atoms with Gasteiger partial charge in [0.25, 0.3) is 11.8 Å². The van der Waals surface area contributed by atoms with Crippen LogP contribution in [0.1, 0.15) is 51.7 Å². The maximum atomic E-state index is 12.7. The molecule has 0 aliphatic heterocycles. The predicted molar refractivity (Wildman–Crippen MR) is 104 cm³/mol. The Hall–Kier alpha value is -3.28. The van der Waals surface area contributed by atoms with Gasteiger partial charge in [-0.1, -0.05) is 6.92 Å². The second kappa shape index (κ2) is 7.38. The van der Waals surface area contributed by atoms with Gasteiger partial charge < -0.3 is 19.1 Å². The van der Waals surface area contributed by atoms with Gasteiger partial charge in [-0.15, -0.1) is 0 Å². The first-order chi connectivity index (χ1) is 13.5. The zero-order valence-corrected chi connectivity index (χ0v) is 15.8. The van der Waals surface area contributed by atoms with Gasteiger partial charge in [0.15, 0.2) is 5.76 Å². The number of benzene rings is 1. The second-order valence-electron chi connectivity index (χ2n) is 7.29. The number of furan rings is 2. The summed E-state index contributed by atoms with van der Waals surface area (Å²) in [6, 6.07) is 14.0. The van der Waals surface area contributed by atoms with Gasteiger partial charge in [-0.25, -0.2) is 0 Å². The molecule has 1 fully saturated rings. The molecule has 2 amide bonds. The van der Waals surface area contributed by atoms with Crippen LogP contribution in [0, 0.1) is 5.92 Å². The number of hydrogen-bond acceptors (Lipinski definition) is 4. The summed E-state index contributed by atoms with van der Waals surface area (Å²) >= 11 is 0. The van der Waals surface area contributed by atoms with E-state index in [9.17, 15) is 9.59 Å². The lowest BCUT2D eigenvalue weighted by atomic mass is 10.1. The van der Waals surface area contributed by atoms with Gasteiger partial charge in [0.1, 0.15) is 11.5 Å². The fourth-order valence-corrected chi connectivity index (χ4v) is 3.22. The lowest BCUT2D eigenvalue weighted by molar-refractivity contribution is 0.0774. The van der Waals surface area contributed by atoms with Crippen molar-refractivity contribution < 1.29 is 18.4 Å². The molecule has 1 saturated carbocycles. The molecule has 2 heterocycles. The molecule has 0 radical (unpaired) electrons. The number of nitrogens with zero attached hydrogens (tertiary/aromatic N) is 1. The predicted octanol–water partition coefficient (Wildman–Crippen LogP) is 4.52. The smallest absolute Gasteiger partial charge is 0.291 e. The molecule has 28 heavy (non-hydrogen) atoms. The van der Waals surface area contributed by atoms with Gasteiger partial charge in [0, 0.05) is 24.2 Å². The van der Waals surface area contributed by atoms with E-state index in [4.69, 9.17) is 8.83 Å². The number of nitrogens with one attached hydrogen (secondary N) is 1. The van der Waals surface area contributed by atoms with E-state index in [1.54, 1.807) is 48.3 Å². The van der Waals surface area contributed by atoms with Crippen LogP contribution in [0.4, 0.5) is 5.69 Å². The average molecular weight is 378 g/mol. The normalized spacial score (nSPS) is 17.9. The quantitative estimate of drug-likeness (QED) is 0.684. The van der Waals surface area contributed by atoms with Crippen LogP contribution in [0.25, 0.3) is 0 Å². The summed E-state index contributed by atoms with van der Waals surface area (Å²) in [6.45, 7) is 2.63. The molecule has 144 valence electrons. The summed E-state index contributed by atoms with van der Waals surface area (Å²) in [5.74, 6) is 2.80. The Morgan fingerprint density at radius 2 is 1.89 bits per heavy atom. The van der Waals surface area contributed by atoms with Gasteiger partial charge >= 0.3 is 0 Å². The summed E-state index contributed by atoms with van der Waals surface area (Å²) in [5, 5.41) is 2.73. The topological polar surface area (TPSA) is 75.7 Å². The van der Waals surface area contributed by atoms with Crippen molar-refractivity contribution in [1.82, 2.24) is 4.90 Å². The summed E-state index contributed by atoms with van der Waals surface area (Å²) in [7, 11) is 1.75. The standard InChI is InChI=1S/C22H22N2O4/c1-14-12-18(14)19-10-9-17(28-19)13-24(2)22(26)15-5-7-16(8-6-15)23-21(25)20-4-3-11-27-20/h3-11,14,18H,12-13H2,1-2H3,(H,23,25). The SMILES string of the molecule is CC1CC1c1ccc(CN(C)C(=O)c2ccc(NC(=O)c3ccco3)cc2)o1. The van der Waals surface area contributed by atoms with Crippen LogP contribution >= 0.6 is 0 Å². The molecule has 0 bridgehead atoms. The van der Waals surface area contributed by atoms with Gasteiger partial charge in [0.05, 0.1) is 12.8 Å². The van der Waals surface area contributed by atoms with Crippen LogP contribution in [0.15, 0.2) is 63.6 Å². The molecule has 1 aliphatic carbocycles. The van der Waals surface area contributed by atoms with E-state index in [2.05, 4.69) is 12.2 Å². The van der Waals surface area contributed by atoms with Crippen molar-refractivity contribution >= 4 is 17.5 Å². The number of hydrogen-bond donors (Lipinski definition) is 1. The summed E-state index contributed by atoms with van der Waals surface area (Å²) < 4.78 is 10.9. The fraction of sp³-hybridized carbons (Fsp3) is 0.273. The van der Waals surface area contributed by atoms with Crippen LogP contribution in [0.3, 0.4) is 0 Å². The molecule has 0 spiro atoms. The molecular weight excluding hydrogens is 356 g/mol. The Balaban J connectivity index is 1.36. The van der Waals surface area contributed by atoms with Gasteiger partial charge in [0.2, 0.25) is 0 Å². The highest BCUT2D eigenvalue weighted by molar-refractivity contribution is 6.02. The van der Waals surface area contributed by atoms with Crippen LogP contribution in [-0.4, -0.2) is 23.8 Å². The molecule has 6 heteroatoms. The maximum Gasteiger partial charge on any atom is 0.291 e. The van der Waals surface area contributed by atoms with E-state index in [0.29, 0.717) is 29.6 Å².